The number of H-pyrrole nitrogens is 1. The van der Waals surface area contributed by atoms with Crippen LogP contribution in [0.15, 0.2) is 48.8 Å². The number of carbonyl (C=O) groups is 1. The van der Waals surface area contributed by atoms with Gasteiger partial charge in [-0.3, -0.25) is 4.79 Å². The predicted molar refractivity (Wildman–Crippen MR) is 101 cm³/mol. The lowest BCUT2D eigenvalue weighted by molar-refractivity contribution is -0.122. The standard InChI is InChI=1S/C20H22N4O/c25-20(14-4-3-5-14)24-19-9-8-16(13-23-19)21-11-10-15-12-22-18-7-2-1-6-17(15)18/h1-2,6-9,12-14,21-22H,3-5,10-11H2,(H,23,24,25). The number of aromatic nitrogens is 2. The molecular weight excluding hydrogens is 312 g/mol. The summed E-state index contributed by atoms with van der Waals surface area (Å²) in [7, 11) is 0. The Morgan fingerprint density at radius 2 is 2.08 bits per heavy atom. The fourth-order valence-corrected chi connectivity index (χ4v) is 3.15. The monoisotopic (exact) mass is 334 g/mol. The third-order valence-corrected chi connectivity index (χ3v) is 4.89. The van der Waals surface area contributed by atoms with E-state index < -0.39 is 0 Å². The lowest BCUT2D eigenvalue weighted by atomic mass is 9.85. The molecule has 5 heteroatoms. The average molecular weight is 334 g/mol. The van der Waals surface area contributed by atoms with Gasteiger partial charge < -0.3 is 15.6 Å². The molecule has 0 radical (unpaired) electrons. The first kappa shape index (κ1) is 15.7. The number of pyridine rings is 1. The van der Waals surface area contributed by atoms with Gasteiger partial charge in [-0.25, -0.2) is 4.98 Å². The summed E-state index contributed by atoms with van der Waals surface area (Å²) in [5, 5.41) is 7.55. The number of amides is 1. The maximum atomic E-state index is 11.9. The first-order valence-electron chi connectivity index (χ1n) is 8.85. The van der Waals surface area contributed by atoms with Gasteiger partial charge in [-0.05, 0) is 43.0 Å². The zero-order chi connectivity index (χ0) is 17.1. The fourth-order valence-electron chi connectivity index (χ4n) is 3.15. The van der Waals surface area contributed by atoms with E-state index in [1.807, 2.05) is 18.2 Å². The molecule has 2 aromatic heterocycles. The molecule has 0 unspecified atom stereocenters. The Bertz CT molecular complexity index is 865. The van der Waals surface area contributed by atoms with Gasteiger partial charge in [-0.1, -0.05) is 24.6 Å². The summed E-state index contributed by atoms with van der Waals surface area (Å²) in [5.74, 6) is 0.897. The van der Waals surface area contributed by atoms with Crippen molar-refractivity contribution in [2.75, 3.05) is 17.2 Å². The molecule has 0 bridgehead atoms. The first-order chi connectivity index (χ1) is 12.3. The van der Waals surface area contributed by atoms with E-state index in [1.165, 1.54) is 16.5 Å². The molecule has 3 N–H and O–H groups in total. The summed E-state index contributed by atoms with van der Waals surface area (Å²) in [4.78, 5) is 19.5. The van der Waals surface area contributed by atoms with Crippen LogP contribution in [0.3, 0.4) is 0 Å². The molecule has 1 fully saturated rings. The van der Waals surface area contributed by atoms with Crippen molar-refractivity contribution in [1.82, 2.24) is 9.97 Å². The van der Waals surface area contributed by atoms with Gasteiger partial charge in [0, 0.05) is 29.6 Å². The van der Waals surface area contributed by atoms with Crippen molar-refractivity contribution in [2.24, 2.45) is 5.92 Å². The molecule has 5 nitrogen and oxygen atoms in total. The van der Waals surface area contributed by atoms with Gasteiger partial charge in [0.15, 0.2) is 0 Å². The van der Waals surface area contributed by atoms with E-state index >= 15 is 0 Å². The summed E-state index contributed by atoms with van der Waals surface area (Å²) in [6, 6.07) is 12.1. The van der Waals surface area contributed by atoms with Gasteiger partial charge >= 0.3 is 0 Å². The quantitative estimate of drug-likeness (QED) is 0.639. The van der Waals surface area contributed by atoms with E-state index in [4.69, 9.17) is 0 Å². The number of hydrogen-bond donors (Lipinski definition) is 3. The van der Waals surface area contributed by atoms with Crippen LogP contribution >= 0.6 is 0 Å². The van der Waals surface area contributed by atoms with Crippen LogP contribution in [0.5, 0.6) is 0 Å². The number of benzene rings is 1. The molecule has 0 aliphatic heterocycles. The molecule has 2 heterocycles. The summed E-state index contributed by atoms with van der Waals surface area (Å²) < 4.78 is 0. The largest absolute Gasteiger partial charge is 0.383 e. The number of anilines is 2. The van der Waals surface area contributed by atoms with Crippen molar-refractivity contribution in [2.45, 2.75) is 25.7 Å². The van der Waals surface area contributed by atoms with E-state index in [0.29, 0.717) is 5.82 Å². The van der Waals surface area contributed by atoms with E-state index in [2.05, 4.69) is 45.0 Å². The minimum atomic E-state index is 0.0961. The summed E-state index contributed by atoms with van der Waals surface area (Å²) in [5.41, 5.74) is 3.44. The van der Waals surface area contributed by atoms with Gasteiger partial charge in [0.1, 0.15) is 5.82 Å². The van der Waals surface area contributed by atoms with E-state index in [0.717, 1.165) is 37.9 Å². The topological polar surface area (TPSA) is 69.8 Å². The number of carbonyl (C=O) groups excluding carboxylic acids is 1. The maximum absolute atomic E-state index is 11.9. The highest BCUT2D eigenvalue weighted by Crippen LogP contribution is 2.27. The molecule has 1 aromatic carbocycles. The third kappa shape index (κ3) is 3.50. The van der Waals surface area contributed by atoms with Crippen LogP contribution in [-0.2, 0) is 11.2 Å². The summed E-state index contributed by atoms with van der Waals surface area (Å²) >= 11 is 0. The lowest BCUT2D eigenvalue weighted by Gasteiger charge is -2.23. The molecule has 0 atom stereocenters. The number of aromatic amines is 1. The fraction of sp³-hybridized carbons (Fsp3) is 0.300. The highest BCUT2D eigenvalue weighted by Gasteiger charge is 2.25. The Morgan fingerprint density at radius 1 is 1.20 bits per heavy atom. The van der Waals surface area contributed by atoms with Crippen molar-refractivity contribution in [3.05, 3.63) is 54.4 Å². The molecule has 1 aliphatic carbocycles. The Kier molecular flexibility index (Phi) is 4.37. The van der Waals surface area contributed by atoms with Gasteiger partial charge in [0.2, 0.25) is 5.91 Å². The normalized spacial score (nSPS) is 14.2. The number of hydrogen-bond acceptors (Lipinski definition) is 3. The number of nitrogens with zero attached hydrogens (tertiary/aromatic N) is 1. The molecule has 0 saturated heterocycles. The van der Waals surface area contributed by atoms with Gasteiger partial charge in [-0.15, -0.1) is 0 Å². The molecule has 3 aromatic rings. The molecule has 25 heavy (non-hydrogen) atoms. The van der Waals surface area contributed by atoms with Crippen molar-refractivity contribution in [3.8, 4) is 0 Å². The van der Waals surface area contributed by atoms with Crippen LogP contribution in [0.25, 0.3) is 10.9 Å². The second-order valence-corrected chi connectivity index (χ2v) is 6.59. The van der Waals surface area contributed by atoms with Gasteiger partial charge in [-0.2, -0.15) is 0 Å². The highest BCUT2D eigenvalue weighted by atomic mass is 16.2. The zero-order valence-corrected chi connectivity index (χ0v) is 14.1. The molecule has 128 valence electrons. The second-order valence-electron chi connectivity index (χ2n) is 6.59. The molecule has 0 spiro atoms. The number of para-hydroxylation sites is 1. The van der Waals surface area contributed by atoms with Crippen molar-refractivity contribution < 1.29 is 4.79 Å². The lowest BCUT2D eigenvalue weighted by Crippen LogP contribution is -2.28. The SMILES string of the molecule is O=C(Nc1ccc(NCCc2c[nH]c3ccccc23)cn1)C1CCC1. The molecule has 4 rings (SSSR count). The van der Waals surface area contributed by atoms with Crippen LogP contribution in [0.2, 0.25) is 0 Å². The number of nitrogens with one attached hydrogen (secondary N) is 3. The Labute approximate surface area is 146 Å². The smallest absolute Gasteiger partial charge is 0.228 e. The summed E-state index contributed by atoms with van der Waals surface area (Å²) in [6.07, 6.45) is 7.93. The maximum Gasteiger partial charge on any atom is 0.228 e. The highest BCUT2D eigenvalue weighted by molar-refractivity contribution is 5.92. The molecule has 1 amide bonds. The van der Waals surface area contributed by atoms with Crippen LogP contribution in [0.4, 0.5) is 11.5 Å². The third-order valence-electron chi connectivity index (χ3n) is 4.89. The van der Waals surface area contributed by atoms with E-state index in [-0.39, 0.29) is 11.8 Å². The molecule has 1 saturated carbocycles. The summed E-state index contributed by atoms with van der Waals surface area (Å²) in [6.45, 7) is 0.831. The Morgan fingerprint density at radius 3 is 2.84 bits per heavy atom. The van der Waals surface area contributed by atoms with Crippen molar-refractivity contribution in [3.63, 3.8) is 0 Å². The van der Waals surface area contributed by atoms with Crippen LogP contribution < -0.4 is 10.6 Å². The first-order valence-corrected chi connectivity index (χ1v) is 8.85. The van der Waals surface area contributed by atoms with Crippen molar-refractivity contribution in [1.29, 1.82) is 0 Å². The average Bonchev–Trinajstić information content (AvgIpc) is 2.98. The predicted octanol–water partition coefficient (Wildman–Crippen LogP) is 3.96. The van der Waals surface area contributed by atoms with Crippen LogP contribution in [-0.4, -0.2) is 22.4 Å². The Hall–Kier alpha value is -2.82. The minimum Gasteiger partial charge on any atom is -0.383 e. The minimum absolute atomic E-state index is 0.0961. The molecular formula is C20H22N4O. The molecule has 1 aliphatic rings. The van der Waals surface area contributed by atoms with Crippen molar-refractivity contribution >= 4 is 28.3 Å². The van der Waals surface area contributed by atoms with Crippen LogP contribution in [0, 0.1) is 5.92 Å². The zero-order valence-electron chi connectivity index (χ0n) is 14.1. The number of rotatable bonds is 6. The number of fused-ring (bicyclic) bond motifs is 1. The van der Waals surface area contributed by atoms with E-state index in [1.54, 1.807) is 6.20 Å². The van der Waals surface area contributed by atoms with Gasteiger partial charge in [0.25, 0.3) is 0 Å². The van der Waals surface area contributed by atoms with Crippen LogP contribution in [0.1, 0.15) is 24.8 Å². The van der Waals surface area contributed by atoms with E-state index in [9.17, 15) is 4.79 Å². The Balaban J connectivity index is 1.30. The van der Waals surface area contributed by atoms with Gasteiger partial charge in [0.05, 0.1) is 11.9 Å². The second kappa shape index (κ2) is 6.97.